The number of amides is 3. The van der Waals surface area contributed by atoms with E-state index in [2.05, 4.69) is 20.5 Å². The van der Waals surface area contributed by atoms with Crippen LogP contribution in [0.15, 0.2) is 53.9 Å². The van der Waals surface area contributed by atoms with Gasteiger partial charge in [0.05, 0.1) is 12.0 Å². The van der Waals surface area contributed by atoms with Crippen molar-refractivity contribution in [3.63, 3.8) is 0 Å². The molecule has 0 radical (unpaired) electrons. The molecule has 3 unspecified atom stereocenters. The molecule has 4 rings (SSSR count). The van der Waals surface area contributed by atoms with E-state index in [4.69, 9.17) is 9.47 Å². The third kappa shape index (κ3) is 12.6. The number of rotatable bonds is 21. The van der Waals surface area contributed by atoms with Gasteiger partial charge < -0.3 is 30.1 Å². The Morgan fingerprint density at radius 2 is 1.84 bits per heavy atom. The second-order valence-electron chi connectivity index (χ2n) is 15.4. The number of likely N-dealkylation sites (tertiary alicyclic amines) is 1. The number of benzene rings is 2. The summed E-state index contributed by atoms with van der Waals surface area (Å²) in [4.78, 5) is 62.7. The molecule has 2 heterocycles. The smallest absolute Gasteiger partial charge is 0.311 e. The molecule has 1 aliphatic rings. The van der Waals surface area contributed by atoms with Gasteiger partial charge in [0.25, 0.3) is 5.91 Å². The Labute approximate surface area is 340 Å². The summed E-state index contributed by atoms with van der Waals surface area (Å²) in [6.45, 7) is 11.0. The number of aliphatic carboxylic acids is 1. The minimum atomic E-state index is -1.11. The number of nitrogens with one attached hydrogen (secondary N) is 2. The molecule has 14 heteroatoms. The van der Waals surface area contributed by atoms with Gasteiger partial charge in [-0.1, -0.05) is 76.9 Å². The van der Waals surface area contributed by atoms with Gasteiger partial charge in [-0.25, -0.2) is 9.37 Å². The molecule has 312 valence electrons. The van der Waals surface area contributed by atoms with Crippen LogP contribution in [0.3, 0.4) is 0 Å². The number of likely N-dealkylation sites (N-methyl/N-ethyl adjacent to an activating group) is 1. The van der Waals surface area contributed by atoms with Crippen LogP contribution in [0, 0.1) is 24.6 Å². The summed E-state index contributed by atoms with van der Waals surface area (Å²) in [6, 6.07) is 12.4. The fourth-order valence-corrected chi connectivity index (χ4v) is 8.24. The first-order valence-electron chi connectivity index (χ1n) is 19.9. The molecule has 3 amide bonds. The molecule has 0 bridgehead atoms. The third-order valence-electron chi connectivity index (χ3n) is 11.0. The van der Waals surface area contributed by atoms with E-state index in [1.54, 1.807) is 12.3 Å². The van der Waals surface area contributed by atoms with Gasteiger partial charge >= 0.3 is 5.97 Å². The van der Waals surface area contributed by atoms with Crippen LogP contribution >= 0.6 is 11.3 Å². The molecule has 12 nitrogen and oxygen atoms in total. The SMILES string of the molecule is CCC(C)C(NC(=O)C1CCCCN1C)C(=O)N(Cc1ccccc1)[C@H](C[C@@H](OCOC)c1nc(C(=O)NCC[C@@H](C(=O)O)c2cc(F)ccc2C)cs1)C(C)C. The summed E-state index contributed by atoms with van der Waals surface area (Å²) in [5, 5.41) is 18.0. The Morgan fingerprint density at radius 3 is 2.49 bits per heavy atom. The first-order valence-corrected chi connectivity index (χ1v) is 20.8. The fourth-order valence-electron chi connectivity index (χ4n) is 7.38. The van der Waals surface area contributed by atoms with Gasteiger partial charge in [-0.05, 0) is 80.4 Å². The van der Waals surface area contributed by atoms with E-state index in [1.807, 2.05) is 70.0 Å². The van der Waals surface area contributed by atoms with E-state index in [0.717, 1.165) is 31.4 Å². The molecule has 6 atom stereocenters. The lowest BCUT2D eigenvalue weighted by Gasteiger charge is -2.40. The number of halogens is 1. The van der Waals surface area contributed by atoms with Crippen molar-refractivity contribution in [1.82, 2.24) is 25.4 Å². The number of hydrogen-bond acceptors (Lipinski definition) is 9. The molecule has 1 aliphatic heterocycles. The van der Waals surface area contributed by atoms with Crippen molar-refractivity contribution in [2.75, 3.05) is 34.0 Å². The fraction of sp³-hybridized carbons (Fsp3) is 0.558. The highest BCUT2D eigenvalue weighted by Gasteiger charge is 2.38. The van der Waals surface area contributed by atoms with Gasteiger partial charge in [0.1, 0.15) is 35.5 Å². The van der Waals surface area contributed by atoms with Crippen LogP contribution in [0.5, 0.6) is 0 Å². The van der Waals surface area contributed by atoms with Crippen molar-refractivity contribution in [2.45, 2.75) is 110 Å². The zero-order chi connectivity index (χ0) is 41.6. The van der Waals surface area contributed by atoms with Crippen molar-refractivity contribution >= 4 is 35.0 Å². The highest BCUT2D eigenvalue weighted by Crippen LogP contribution is 2.32. The van der Waals surface area contributed by atoms with Crippen LogP contribution in [0.4, 0.5) is 4.39 Å². The van der Waals surface area contributed by atoms with Crippen LogP contribution in [0.2, 0.25) is 0 Å². The first-order chi connectivity index (χ1) is 27.2. The van der Waals surface area contributed by atoms with E-state index in [0.29, 0.717) is 35.5 Å². The number of carboxylic acid groups (broad SMARTS) is 1. The lowest BCUT2D eigenvalue weighted by molar-refractivity contribution is -0.144. The Morgan fingerprint density at radius 1 is 1.11 bits per heavy atom. The lowest BCUT2D eigenvalue weighted by Crippen LogP contribution is -2.58. The molecule has 0 saturated carbocycles. The van der Waals surface area contributed by atoms with Gasteiger partial charge in [0, 0.05) is 38.0 Å². The van der Waals surface area contributed by atoms with Crippen LogP contribution in [-0.4, -0.2) is 95.7 Å². The van der Waals surface area contributed by atoms with E-state index < -0.39 is 35.8 Å². The Bertz CT molecular complexity index is 1780. The van der Waals surface area contributed by atoms with Crippen molar-refractivity contribution in [3.05, 3.63) is 87.1 Å². The maximum atomic E-state index is 14.9. The predicted octanol–water partition coefficient (Wildman–Crippen LogP) is 6.70. The van der Waals surface area contributed by atoms with Gasteiger partial charge in [0.2, 0.25) is 11.8 Å². The number of carboxylic acids is 1. The van der Waals surface area contributed by atoms with Gasteiger partial charge in [-0.15, -0.1) is 11.3 Å². The molecule has 57 heavy (non-hydrogen) atoms. The molecule has 0 spiro atoms. The highest BCUT2D eigenvalue weighted by atomic mass is 32.1. The molecule has 1 aromatic heterocycles. The first kappa shape index (κ1) is 45.5. The zero-order valence-corrected chi connectivity index (χ0v) is 35.1. The number of piperidine rings is 1. The van der Waals surface area contributed by atoms with E-state index in [1.165, 1.54) is 36.6 Å². The third-order valence-corrected chi connectivity index (χ3v) is 11.9. The molecule has 2 aromatic carbocycles. The monoisotopic (exact) mass is 809 g/mol. The zero-order valence-electron chi connectivity index (χ0n) is 34.3. The number of carbonyl (C=O) groups excluding carboxylic acids is 3. The molecule has 3 N–H and O–H groups in total. The maximum Gasteiger partial charge on any atom is 0.311 e. The molecule has 1 saturated heterocycles. The van der Waals surface area contributed by atoms with Gasteiger partial charge in [-0.3, -0.25) is 24.1 Å². The van der Waals surface area contributed by atoms with E-state index in [-0.39, 0.29) is 61.2 Å². The summed E-state index contributed by atoms with van der Waals surface area (Å²) in [5.74, 6) is -3.60. The normalized spacial score (nSPS) is 17.3. The summed E-state index contributed by atoms with van der Waals surface area (Å²) in [6.07, 6.45) is 3.16. The summed E-state index contributed by atoms with van der Waals surface area (Å²) < 4.78 is 25.5. The number of aromatic nitrogens is 1. The minimum absolute atomic E-state index is 0.0269. The number of hydrogen-bond donors (Lipinski definition) is 3. The van der Waals surface area contributed by atoms with E-state index in [9.17, 15) is 28.7 Å². The van der Waals surface area contributed by atoms with Crippen LogP contribution in [0.1, 0.15) is 110 Å². The van der Waals surface area contributed by atoms with Crippen molar-refractivity contribution in [3.8, 4) is 0 Å². The van der Waals surface area contributed by atoms with Gasteiger partial charge in [0.15, 0.2) is 0 Å². The number of aryl methyl sites for hydroxylation is 1. The van der Waals surface area contributed by atoms with Crippen molar-refractivity contribution in [2.24, 2.45) is 11.8 Å². The molecule has 1 fully saturated rings. The number of ether oxygens (including phenoxy) is 2. The minimum Gasteiger partial charge on any atom is -0.481 e. The maximum absolute atomic E-state index is 14.9. The Balaban J connectivity index is 1.58. The summed E-state index contributed by atoms with van der Waals surface area (Å²) in [5.41, 5.74) is 2.09. The predicted molar refractivity (Wildman–Crippen MR) is 218 cm³/mol. The molecular weight excluding hydrogens is 750 g/mol. The molecule has 3 aromatic rings. The number of methoxy groups -OCH3 is 1. The van der Waals surface area contributed by atoms with Crippen LogP contribution in [0.25, 0.3) is 0 Å². The lowest BCUT2D eigenvalue weighted by atomic mass is 9.91. The Kier molecular flexibility index (Phi) is 17.6. The van der Waals surface area contributed by atoms with Crippen molar-refractivity contribution in [1.29, 1.82) is 0 Å². The second kappa shape index (κ2) is 22.1. The average molecular weight is 810 g/mol. The van der Waals surface area contributed by atoms with E-state index >= 15 is 0 Å². The van der Waals surface area contributed by atoms with Crippen LogP contribution < -0.4 is 10.6 Å². The van der Waals surface area contributed by atoms with Crippen molar-refractivity contribution < 1.29 is 38.1 Å². The van der Waals surface area contributed by atoms with Gasteiger partial charge in [-0.2, -0.15) is 0 Å². The van der Waals surface area contributed by atoms with Crippen LogP contribution in [-0.2, 0) is 30.4 Å². The topological polar surface area (TPSA) is 150 Å². The number of nitrogens with zero attached hydrogens (tertiary/aromatic N) is 3. The number of thiazole rings is 1. The second-order valence-corrected chi connectivity index (χ2v) is 16.3. The number of carbonyl (C=O) groups is 4. The standard InChI is InChI=1S/C43H60FN5O7S/c1-8-28(4)38(47-40(51)35-16-12-13-21-48(35)6)42(52)49(24-30-14-10-9-11-15-30)36(27(2)3)23-37(56-26-55-7)41-46-34(25-57-41)39(50)45-20-19-32(43(53)54)33-22-31(44)18-17-29(33)5/h9-11,14-15,17-18,22,25,27-28,32,35-38H,8,12-13,16,19-21,23-24,26H2,1-7H3,(H,45,50)(H,47,51)(H,53,54)/t28?,32-,35?,36-,37-,38?/m1/s1. The Hall–Kier alpha value is -4.24. The summed E-state index contributed by atoms with van der Waals surface area (Å²) >= 11 is 1.25. The highest BCUT2D eigenvalue weighted by molar-refractivity contribution is 7.09. The summed E-state index contributed by atoms with van der Waals surface area (Å²) in [7, 11) is 3.47. The largest absolute Gasteiger partial charge is 0.481 e. The quantitative estimate of drug-likeness (QED) is 0.100. The molecular formula is C43H60FN5O7S. The molecule has 0 aliphatic carbocycles. The average Bonchev–Trinajstić information content (AvgIpc) is 3.69.